The molecule has 0 radical (unpaired) electrons. The molecule has 0 aromatic heterocycles. The summed E-state index contributed by atoms with van der Waals surface area (Å²) in [6.07, 6.45) is -0.981. The van der Waals surface area contributed by atoms with Crippen molar-refractivity contribution in [2.24, 2.45) is 5.92 Å². The van der Waals surface area contributed by atoms with E-state index in [0.29, 0.717) is 16.3 Å². The number of nitrogens with one attached hydrogen (secondary N) is 1. The van der Waals surface area contributed by atoms with Gasteiger partial charge in [-0.1, -0.05) is 25.4 Å². The molecule has 0 bridgehead atoms. The first-order valence-corrected chi connectivity index (χ1v) is 8.78. The van der Waals surface area contributed by atoms with Gasteiger partial charge in [-0.25, -0.2) is 4.79 Å². The number of hydrogen-bond acceptors (Lipinski definition) is 5. The maximum absolute atomic E-state index is 12.5. The van der Waals surface area contributed by atoms with Gasteiger partial charge in [0.2, 0.25) is 11.7 Å². The molecule has 0 fully saturated rings. The van der Waals surface area contributed by atoms with Gasteiger partial charge in [0, 0.05) is 17.2 Å². The predicted octanol–water partition coefficient (Wildman–Crippen LogP) is 3.94. The molecular formula is C20H21ClN2O4. The molecule has 1 amide bonds. The largest absolute Gasteiger partial charge is 0.451 e. The number of ketones is 1. The summed E-state index contributed by atoms with van der Waals surface area (Å²) in [4.78, 5) is 36.3. The van der Waals surface area contributed by atoms with Crippen molar-refractivity contribution in [3.8, 4) is 0 Å². The van der Waals surface area contributed by atoms with Crippen molar-refractivity contribution in [2.45, 2.75) is 26.9 Å². The molecule has 27 heavy (non-hydrogen) atoms. The number of nitrogens with two attached hydrogens (primary N) is 1. The van der Waals surface area contributed by atoms with Gasteiger partial charge in [0.05, 0.1) is 16.3 Å². The van der Waals surface area contributed by atoms with E-state index >= 15 is 0 Å². The van der Waals surface area contributed by atoms with Gasteiger partial charge >= 0.3 is 5.97 Å². The number of anilines is 2. The second-order valence-corrected chi connectivity index (χ2v) is 6.78. The molecule has 0 spiro atoms. The van der Waals surface area contributed by atoms with Crippen molar-refractivity contribution in [3.05, 3.63) is 58.6 Å². The van der Waals surface area contributed by atoms with Gasteiger partial charge in [0.1, 0.15) is 0 Å². The number of halogens is 1. The Morgan fingerprint density at radius 3 is 2.15 bits per heavy atom. The first-order valence-electron chi connectivity index (χ1n) is 8.40. The first-order chi connectivity index (χ1) is 12.7. The molecule has 3 N–H and O–H groups in total. The standard InChI is InChI=1S/C20H21ClN2O4/c1-11(2)19(25)23-15-7-4-13(5-8-15)18(24)12(3)27-20(26)14-6-9-16(21)17(22)10-14/h4-12H,22H2,1-3H3,(H,23,25)/t12-/m1/s1. The van der Waals surface area contributed by atoms with Crippen molar-refractivity contribution in [3.63, 3.8) is 0 Å². The second-order valence-electron chi connectivity index (χ2n) is 6.37. The zero-order chi connectivity index (χ0) is 20.1. The summed E-state index contributed by atoms with van der Waals surface area (Å²) in [7, 11) is 0. The Morgan fingerprint density at radius 1 is 1.00 bits per heavy atom. The highest BCUT2D eigenvalue weighted by Crippen LogP contribution is 2.21. The topological polar surface area (TPSA) is 98.5 Å². The van der Waals surface area contributed by atoms with E-state index in [9.17, 15) is 14.4 Å². The van der Waals surface area contributed by atoms with Crippen LogP contribution in [-0.4, -0.2) is 23.8 Å². The van der Waals surface area contributed by atoms with Gasteiger partial charge < -0.3 is 15.8 Å². The van der Waals surface area contributed by atoms with Crippen LogP contribution in [0.5, 0.6) is 0 Å². The summed E-state index contributed by atoms with van der Waals surface area (Å²) >= 11 is 5.83. The van der Waals surface area contributed by atoms with Crippen LogP contribution in [0.3, 0.4) is 0 Å². The summed E-state index contributed by atoms with van der Waals surface area (Å²) in [6.45, 7) is 5.07. The Balaban J connectivity index is 2.02. The molecule has 0 saturated heterocycles. The van der Waals surface area contributed by atoms with Crippen LogP contribution in [0.2, 0.25) is 5.02 Å². The predicted molar refractivity (Wildman–Crippen MR) is 105 cm³/mol. The highest BCUT2D eigenvalue weighted by Gasteiger charge is 2.21. The summed E-state index contributed by atoms with van der Waals surface area (Å²) in [5.41, 5.74) is 7.09. The molecule has 0 aliphatic rings. The average molecular weight is 389 g/mol. The Labute approximate surface area is 162 Å². The SMILES string of the molecule is CC(C)C(=O)Nc1ccc(C(=O)[C@@H](C)OC(=O)c2ccc(Cl)c(N)c2)cc1. The molecule has 7 heteroatoms. The lowest BCUT2D eigenvalue weighted by Gasteiger charge is -2.13. The van der Waals surface area contributed by atoms with E-state index in [0.717, 1.165) is 0 Å². The summed E-state index contributed by atoms with van der Waals surface area (Å²) in [5.74, 6) is -1.28. The molecule has 2 aromatic rings. The van der Waals surface area contributed by atoms with Gasteiger partial charge in [0.25, 0.3) is 0 Å². The third kappa shape index (κ3) is 5.31. The van der Waals surface area contributed by atoms with Gasteiger partial charge in [-0.2, -0.15) is 0 Å². The highest BCUT2D eigenvalue weighted by molar-refractivity contribution is 6.33. The molecule has 1 atom stereocenters. The lowest BCUT2D eigenvalue weighted by Crippen LogP contribution is -2.24. The van der Waals surface area contributed by atoms with E-state index in [2.05, 4.69) is 5.32 Å². The van der Waals surface area contributed by atoms with Crippen LogP contribution in [0, 0.1) is 5.92 Å². The number of benzene rings is 2. The number of esters is 1. The molecule has 0 unspecified atom stereocenters. The van der Waals surface area contributed by atoms with E-state index in [1.165, 1.54) is 25.1 Å². The number of Topliss-reactive ketones (excluding diaryl/α,β-unsaturated/α-hetero) is 1. The monoisotopic (exact) mass is 388 g/mol. The minimum atomic E-state index is -0.981. The van der Waals surface area contributed by atoms with Crippen LogP contribution in [-0.2, 0) is 9.53 Å². The molecule has 6 nitrogen and oxygen atoms in total. The quantitative estimate of drug-likeness (QED) is 0.443. The van der Waals surface area contributed by atoms with E-state index in [4.69, 9.17) is 22.1 Å². The second kappa shape index (κ2) is 8.68. The van der Waals surface area contributed by atoms with Gasteiger partial charge in [-0.05, 0) is 49.4 Å². The fraction of sp³-hybridized carbons (Fsp3) is 0.250. The molecule has 2 rings (SSSR count). The van der Waals surface area contributed by atoms with Gasteiger partial charge in [-0.15, -0.1) is 0 Å². The number of rotatable bonds is 6. The third-order valence-corrected chi connectivity index (χ3v) is 4.19. The fourth-order valence-electron chi connectivity index (χ4n) is 2.19. The highest BCUT2D eigenvalue weighted by atomic mass is 35.5. The molecule has 0 aliphatic carbocycles. The number of carbonyl (C=O) groups is 3. The summed E-state index contributed by atoms with van der Waals surface area (Å²) in [5, 5.41) is 3.08. The van der Waals surface area contributed by atoms with Crippen molar-refractivity contribution in [1.82, 2.24) is 0 Å². The lowest BCUT2D eigenvalue weighted by atomic mass is 10.1. The summed E-state index contributed by atoms with van der Waals surface area (Å²) < 4.78 is 5.22. The maximum atomic E-state index is 12.5. The van der Waals surface area contributed by atoms with Crippen LogP contribution in [0.4, 0.5) is 11.4 Å². The molecule has 142 valence electrons. The number of hydrogen-bond donors (Lipinski definition) is 2. The number of nitrogen functional groups attached to an aromatic ring is 1. The molecule has 0 heterocycles. The fourth-order valence-corrected chi connectivity index (χ4v) is 2.31. The van der Waals surface area contributed by atoms with Crippen LogP contribution < -0.4 is 11.1 Å². The number of amides is 1. The van der Waals surface area contributed by atoms with Crippen LogP contribution in [0.15, 0.2) is 42.5 Å². The molecule has 2 aromatic carbocycles. The minimum Gasteiger partial charge on any atom is -0.451 e. The Kier molecular flexibility index (Phi) is 6.58. The summed E-state index contributed by atoms with van der Waals surface area (Å²) in [6, 6.07) is 10.8. The zero-order valence-corrected chi connectivity index (χ0v) is 16.0. The minimum absolute atomic E-state index is 0.112. The van der Waals surface area contributed by atoms with E-state index in [1.807, 2.05) is 0 Å². The smallest absolute Gasteiger partial charge is 0.338 e. The lowest BCUT2D eigenvalue weighted by molar-refractivity contribution is -0.118. The van der Waals surface area contributed by atoms with Crippen LogP contribution >= 0.6 is 11.6 Å². The van der Waals surface area contributed by atoms with E-state index in [-0.39, 0.29) is 28.9 Å². The maximum Gasteiger partial charge on any atom is 0.338 e. The Bertz CT molecular complexity index is 863. The van der Waals surface area contributed by atoms with Crippen molar-refractivity contribution < 1.29 is 19.1 Å². The van der Waals surface area contributed by atoms with Crippen LogP contribution in [0.25, 0.3) is 0 Å². The van der Waals surface area contributed by atoms with Crippen molar-refractivity contribution in [1.29, 1.82) is 0 Å². The molecular weight excluding hydrogens is 368 g/mol. The number of carbonyl (C=O) groups excluding carboxylic acids is 3. The molecule has 0 saturated carbocycles. The van der Waals surface area contributed by atoms with Crippen molar-refractivity contribution >= 4 is 40.6 Å². The average Bonchev–Trinajstić information content (AvgIpc) is 2.63. The Morgan fingerprint density at radius 2 is 1.59 bits per heavy atom. The Hall–Kier alpha value is -2.86. The van der Waals surface area contributed by atoms with Crippen molar-refractivity contribution in [2.75, 3.05) is 11.1 Å². The van der Waals surface area contributed by atoms with Crippen LogP contribution in [0.1, 0.15) is 41.5 Å². The van der Waals surface area contributed by atoms with Gasteiger partial charge in [0.15, 0.2) is 6.10 Å². The van der Waals surface area contributed by atoms with E-state index in [1.54, 1.807) is 38.1 Å². The number of ether oxygens (including phenoxy) is 1. The molecule has 0 aliphatic heterocycles. The van der Waals surface area contributed by atoms with E-state index < -0.39 is 12.1 Å². The normalized spacial score (nSPS) is 11.7. The third-order valence-electron chi connectivity index (χ3n) is 3.85. The first kappa shape index (κ1) is 20.5. The van der Waals surface area contributed by atoms with Gasteiger partial charge in [-0.3, -0.25) is 9.59 Å². The zero-order valence-electron chi connectivity index (χ0n) is 15.3.